The van der Waals surface area contributed by atoms with Crippen molar-refractivity contribution in [1.82, 2.24) is 0 Å². The van der Waals surface area contributed by atoms with Crippen LogP contribution in [0.1, 0.15) is 22.8 Å². The minimum atomic E-state index is -0.323. The molecule has 0 heterocycles. The van der Waals surface area contributed by atoms with Crippen molar-refractivity contribution in [3.63, 3.8) is 0 Å². The minimum absolute atomic E-state index is 0.219. The molecule has 1 rings (SSSR count). The molecule has 0 amide bonds. The molecule has 0 bridgehead atoms. The molecule has 0 saturated carbocycles. The van der Waals surface area contributed by atoms with Crippen molar-refractivity contribution in [3.8, 4) is 0 Å². The Balaban J connectivity index is 2.66. The lowest BCUT2D eigenvalue weighted by atomic mass is 10.1. The number of rotatable bonds is 3. The Kier molecular flexibility index (Phi) is 3.20. The highest BCUT2D eigenvalue weighted by atomic mass is 16.5. The van der Waals surface area contributed by atoms with Crippen LogP contribution in [0.2, 0.25) is 0 Å². The first-order chi connectivity index (χ1) is 6.22. The maximum absolute atomic E-state index is 10.5. The maximum atomic E-state index is 10.5. The van der Waals surface area contributed by atoms with Gasteiger partial charge in [-0.3, -0.25) is 9.59 Å². The van der Waals surface area contributed by atoms with Crippen LogP contribution >= 0.6 is 0 Å². The van der Waals surface area contributed by atoms with Crippen molar-refractivity contribution in [3.05, 3.63) is 35.4 Å². The van der Waals surface area contributed by atoms with Gasteiger partial charge in [-0.25, -0.2) is 0 Å². The monoisotopic (exact) mass is 178 g/mol. The molecule has 1 aromatic carbocycles. The van der Waals surface area contributed by atoms with Crippen LogP contribution in [-0.4, -0.2) is 12.3 Å². The summed E-state index contributed by atoms with van der Waals surface area (Å²) in [6, 6.07) is 6.94. The van der Waals surface area contributed by atoms with Crippen LogP contribution in [0.25, 0.3) is 0 Å². The highest BCUT2D eigenvalue weighted by Gasteiger charge is 1.97. The van der Waals surface area contributed by atoms with Gasteiger partial charge in [0.25, 0.3) is 0 Å². The summed E-state index contributed by atoms with van der Waals surface area (Å²) in [5.74, 6) is -0.323. The van der Waals surface area contributed by atoms with Crippen LogP contribution in [0.3, 0.4) is 0 Å². The highest BCUT2D eigenvalue weighted by Crippen LogP contribution is 2.04. The quantitative estimate of drug-likeness (QED) is 0.521. The lowest BCUT2D eigenvalue weighted by molar-refractivity contribution is -0.142. The van der Waals surface area contributed by atoms with Crippen LogP contribution in [0.5, 0.6) is 0 Å². The molecule has 0 aliphatic heterocycles. The summed E-state index contributed by atoms with van der Waals surface area (Å²) >= 11 is 0. The summed E-state index contributed by atoms with van der Waals surface area (Å²) in [5, 5.41) is 0. The largest absolute Gasteiger partial charge is 0.461 e. The van der Waals surface area contributed by atoms with Gasteiger partial charge in [0.05, 0.1) is 0 Å². The summed E-state index contributed by atoms with van der Waals surface area (Å²) < 4.78 is 4.77. The Morgan fingerprint density at radius 3 is 2.92 bits per heavy atom. The molecular weight excluding hydrogens is 168 g/mol. The fraction of sp³-hybridized carbons (Fsp3) is 0.200. The topological polar surface area (TPSA) is 43.4 Å². The van der Waals surface area contributed by atoms with Gasteiger partial charge in [-0.1, -0.05) is 18.2 Å². The van der Waals surface area contributed by atoms with Crippen LogP contribution in [0.15, 0.2) is 24.3 Å². The maximum Gasteiger partial charge on any atom is 0.302 e. The zero-order chi connectivity index (χ0) is 9.68. The first-order valence-electron chi connectivity index (χ1n) is 3.90. The second-order valence-corrected chi connectivity index (χ2v) is 2.64. The van der Waals surface area contributed by atoms with E-state index in [0.29, 0.717) is 5.56 Å². The molecule has 0 saturated heterocycles. The predicted octanol–water partition coefficient (Wildman–Crippen LogP) is 1.56. The zero-order valence-corrected chi connectivity index (χ0v) is 7.32. The Morgan fingerprint density at radius 2 is 2.31 bits per heavy atom. The molecule has 3 nitrogen and oxygen atoms in total. The highest BCUT2D eigenvalue weighted by molar-refractivity contribution is 5.75. The number of hydrogen-bond donors (Lipinski definition) is 0. The number of aldehydes is 1. The number of carbonyl (C=O) groups excluding carboxylic acids is 2. The fourth-order valence-electron chi connectivity index (χ4n) is 0.941. The SMILES string of the molecule is CC(=O)OCc1cccc(C=O)c1. The van der Waals surface area contributed by atoms with E-state index in [-0.39, 0.29) is 12.6 Å². The molecule has 0 fully saturated rings. The van der Waals surface area contributed by atoms with E-state index in [2.05, 4.69) is 0 Å². The molecule has 0 aromatic heterocycles. The Bertz CT molecular complexity index is 318. The van der Waals surface area contributed by atoms with Crippen LogP contribution in [-0.2, 0) is 16.1 Å². The summed E-state index contributed by atoms with van der Waals surface area (Å²) in [6.07, 6.45) is 0.761. The molecule has 0 N–H and O–H groups in total. The van der Waals surface area contributed by atoms with E-state index >= 15 is 0 Å². The lowest BCUT2D eigenvalue weighted by Crippen LogP contribution is -1.98. The molecule has 68 valence electrons. The van der Waals surface area contributed by atoms with E-state index in [9.17, 15) is 9.59 Å². The molecule has 0 atom stereocenters. The van der Waals surface area contributed by atoms with Crippen molar-refractivity contribution < 1.29 is 14.3 Å². The predicted molar refractivity (Wildman–Crippen MR) is 47.3 cm³/mol. The van der Waals surface area contributed by atoms with Crippen molar-refractivity contribution in [2.75, 3.05) is 0 Å². The van der Waals surface area contributed by atoms with Gasteiger partial charge in [0.1, 0.15) is 12.9 Å². The van der Waals surface area contributed by atoms with E-state index in [4.69, 9.17) is 4.74 Å². The third kappa shape index (κ3) is 3.07. The van der Waals surface area contributed by atoms with Crippen LogP contribution in [0.4, 0.5) is 0 Å². The van der Waals surface area contributed by atoms with Gasteiger partial charge in [0, 0.05) is 12.5 Å². The number of carbonyl (C=O) groups is 2. The number of esters is 1. The smallest absolute Gasteiger partial charge is 0.302 e. The first-order valence-corrected chi connectivity index (χ1v) is 3.90. The minimum Gasteiger partial charge on any atom is -0.461 e. The molecule has 0 unspecified atom stereocenters. The number of ether oxygens (including phenoxy) is 1. The summed E-state index contributed by atoms with van der Waals surface area (Å²) in [4.78, 5) is 20.9. The molecular formula is C10H10O3. The number of hydrogen-bond acceptors (Lipinski definition) is 3. The van der Waals surface area contributed by atoms with Crippen molar-refractivity contribution >= 4 is 12.3 Å². The average Bonchev–Trinajstić information content (AvgIpc) is 2.15. The van der Waals surface area contributed by atoms with Gasteiger partial charge in [-0.15, -0.1) is 0 Å². The van der Waals surface area contributed by atoms with Gasteiger partial charge in [-0.05, 0) is 11.6 Å². The van der Waals surface area contributed by atoms with E-state index in [1.807, 2.05) is 0 Å². The molecule has 1 aromatic rings. The third-order valence-corrected chi connectivity index (χ3v) is 1.53. The van der Waals surface area contributed by atoms with Gasteiger partial charge < -0.3 is 4.74 Å². The standard InChI is InChI=1S/C10H10O3/c1-8(12)13-7-10-4-2-3-9(5-10)6-11/h2-6H,7H2,1H3. The van der Waals surface area contributed by atoms with Gasteiger partial charge >= 0.3 is 5.97 Å². The number of benzene rings is 1. The lowest BCUT2D eigenvalue weighted by Gasteiger charge is -2.01. The van der Waals surface area contributed by atoms with E-state index < -0.39 is 0 Å². The van der Waals surface area contributed by atoms with Crippen LogP contribution in [0, 0.1) is 0 Å². The van der Waals surface area contributed by atoms with Gasteiger partial charge in [0.2, 0.25) is 0 Å². The summed E-state index contributed by atoms with van der Waals surface area (Å²) in [7, 11) is 0. The Morgan fingerprint density at radius 1 is 1.54 bits per heavy atom. The fourth-order valence-corrected chi connectivity index (χ4v) is 0.941. The summed E-state index contributed by atoms with van der Waals surface area (Å²) in [5.41, 5.74) is 1.41. The van der Waals surface area contributed by atoms with Gasteiger partial charge in [-0.2, -0.15) is 0 Å². The van der Waals surface area contributed by atoms with E-state index in [1.165, 1.54) is 6.92 Å². The van der Waals surface area contributed by atoms with E-state index in [1.54, 1.807) is 24.3 Å². The Hall–Kier alpha value is -1.64. The zero-order valence-electron chi connectivity index (χ0n) is 7.32. The first kappa shape index (κ1) is 9.45. The molecule has 0 aliphatic carbocycles. The molecule has 0 spiro atoms. The van der Waals surface area contributed by atoms with Crippen LogP contribution < -0.4 is 0 Å². The van der Waals surface area contributed by atoms with Crippen molar-refractivity contribution in [1.29, 1.82) is 0 Å². The average molecular weight is 178 g/mol. The Labute approximate surface area is 76.3 Å². The van der Waals surface area contributed by atoms with E-state index in [0.717, 1.165) is 11.8 Å². The molecule has 0 aliphatic rings. The molecule has 13 heavy (non-hydrogen) atoms. The third-order valence-electron chi connectivity index (χ3n) is 1.53. The second-order valence-electron chi connectivity index (χ2n) is 2.64. The molecule has 0 radical (unpaired) electrons. The van der Waals surface area contributed by atoms with Crippen molar-refractivity contribution in [2.24, 2.45) is 0 Å². The normalized spacial score (nSPS) is 9.31. The summed E-state index contributed by atoms with van der Waals surface area (Å²) in [6.45, 7) is 1.57. The second kappa shape index (κ2) is 4.40. The van der Waals surface area contributed by atoms with Crippen molar-refractivity contribution in [2.45, 2.75) is 13.5 Å². The molecule has 3 heteroatoms. The van der Waals surface area contributed by atoms with Gasteiger partial charge in [0.15, 0.2) is 0 Å².